The average Bonchev–Trinajstić information content (AvgIpc) is 2.90. The van der Waals surface area contributed by atoms with Crippen molar-refractivity contribution in [2.24, 2.45) is 5.16 Å². The number of aliphatic carboxylic acids is 1. The Morgan fingerprint density at radius 3 is 2.57 bits per heavy atom. The first kappa shape index (κ1) is 24.2. The number of rotatable bonds is 10. The second-order valence-electron chi connectivity index (χ2n) is 8.51. The van der Waals surface area contributed by atoms with Crippen LogP contribution >= 0.6 is 0 Å². The van der Waals surface area contributed by atoms with Crippen molar-refractivity contribution in [2.45, 2.75) is 45.1 Å². The number of oxime groups is 1. The van der Waals surface area contributed by atoms with E-state index in [0.29, 0.717) is 5.75 Å². The van der Waals surface area contributed by atoms with Gasteiger partial charge in [0.15, 0.2) is 12.7 Å². The largest absolute Gasteiger partial charge is 0.482 e. The molecule has 1 aliphatic carbocycles. The van der Waals surface area contributed by atoms with E-state index in [0.717, 1.165) is 54.5 Å². The number of benzene rings is 2. The third-order valence-corrected chi connectivity index (χ3v) is 6.13. The molecule has 0 spiro atoms. The number of aromatic nitrogens is 1. The van der Waals surface area contributed by atoms with Gasteiger partial charge in [0.2, 0.25) is 0 Å². The van der Waals surface area contributed by atoms with Crippen molar-refractivity contribution in [1.29, 1.82) is 0 Å². The first-order valence-electron chi connectivity index (χ1n) is 11.9. The molecule has 6 heteroatoms. The monoisotopic (exact) mass is 470 g/mol. The molecule has 1 aromatic heterocycles. The van der Waals surface area contributed by atoms with Crippen LogP contribution in [0.15, 0.2) is 89.9 Å². The number of pyridine rings is 1. The number of hydrogen-bond donors (Lipinski definition) is 1. The lowest BCUT2D eigenvalue weighted by atomic mass is 9.87. The standard InChI is InChI=1S/C29H30N2O4/c1-2-25(31-35-29(22-7-4-3-5-8-22)23-15-17-30-18-16-23)13-11-21-12-14-26-24(19-21)9-6-10-27(26)34-20-28(32)33/h3-11,15-18,29H,2,12-14,19-20H2,1H3,(H,32,33). The molecule has 1 unspecified atom stereocenters. The van der Waals surface area contributed by atoms with Crippen LogP contribution in [0.25, 0.3) is 0 Å². The van der Waals surface area contributed by atoms with Crippen LogP contribution in [0.4, 0.5) is 0 Å². The number of allylic oxidation sites excluding steroid dienone is 2. The number of carboxylic acid groups (broad SMARTS) is 1. The van der Waals surface area contributed by atoms with Crippen molar-refractivity contribution in [3.63, 3.8) is 0 Å². The molecule has 0 bridgehead atoms. The molecule has 0 saturated carbocycles. The van der Waals surface area contributed by atoms with Gasteiger partial charge < -0.3 is 14.7 Å². The molecule has 1 heterocycles. The maximum atomic E-state index is 10.9. The highest BCUT2D eigenvalue weighted by Crippen LogP contribution is 2.32. The Balaban J connectivity index is 1.45. The molecule has 180 valence electrons. The predicted molar refractivity (Wildman–Crippen MR) is 136 cm³/mol. The summed E-state index contributed by atoms with van der Waals surface area (Å²) in [5.41, 5.74) is 6.69. The summed E-state index contributed by atoms with van der Waals surface area (Å²) in [6.45, 7) is 1.77. The molecule has 0 amide bonds. The van der Waals surface area contributed by atoms with E-state index in [9.17, 15) is 4.79 Å². The number of nitrogens with zero attached hydrogens (tertiary/aromatic N) is 2. The predicted octanol–water partition coefficient (Wildman–Crippen LogP) is 5.92. The van der Waals surface area contributed by atoms with Crippen LogP contribution in [-0.2, 0) is 22.5 Å². The fourth-order valence-electron chi connectivity index (χ4n) is 4.24. The summed E-state index contributed by atoms with van der Waals surface area (Å²) in [5, 5.41) is 13.5. The number of fused-ring (bicyclic) bond motifs is 1. The van der Waals surface area contributed by atoms with Gasteiger partial charge in [-0.05, 0) is 60.6 Å². The van der Waals surface area contributed by atoms with Crippen molar-refractivity contribution in [3.05, 3.63) is 107 Å². The number of hydrogen-bond acceptors (Lipinski definition) is 5. The van der Waals surface area contributed by atoms with Gasteiger partial charge in [0.25, 0.3) is 0 Å². The zero-order valence-corrected chi connectivity index (χ0v) is 19.9. The highest BCUT2D eigenvalue weighted by molar-refractivity contribution is 5.85. The molecule has 4 rings (SSSR count). The van der Waals surface area contributed by atoms with E-state index in [2.05, 4.69) is 29.2 Å². The van der Waals surface area contributed by atoms with Crippen molar-refractivity contribution in [1.82, 2.24) is 4.98 Å². The van der Waals surface area contributed by atoms with Crippen LogP contribution in [-0.4, -0.2) is 28.4 Å². The molecule has 2 aromatic carbocycles. The Hall–Kier alpha value is -3.93. The summed E-state index contributed by atoms with van der Waals surface area (Å²) in [5.74, 6) is -0.290. The quantitative estimate of drug-likeness (QED) is 0.226. The van der Waals surface area contributed by atoms with E-state index in [-0.39, 0.29) is 12.7 Å². The Morgan fingerprint density at radius 2 is 1.83 bits per heavy atom. The molecule has 1 aliphatic rings. The Morgan fingerprint density at radius 1 is 1.06 bits per heavy atom. The molecule has 0 radical (unpaired) electrons. The van der Waals surface area contributed by atoms with Crippen LogP contribution < -0.4 is 4.74 Å². The molecule has 0 aliphatic heterocycles. The van der Waals surface area contributed by atoms with Gasteiger partial charge in [-0.3, -0.25) is 4.98 Å². The summed E-state index contributed by atoms with van der Waals surface area (Å²) in [7, 11) is 0. The molecule has 35 heavy (non-hydrogen) atoms. The lowest BCUT2D eigenvalue weighted by Crippen LogP contribution is -2.13. The van der Waals surface area contributed by atoms with Crippen molar-refractivity contribution in [3.8, 4) is 5.75 Å². The number of carboxylic acids is 1. The summed E-state index contributed by atoms with van der Waals surface area (Å²) in [6.07, 6.45) is 9.61. The summed E-state index contributed by atoms with van der Waals surface area (Å²) < 4.78 is 5.49. The zero-order chi connectivity index (χ0) is 24.5. The minimum atomic E-state index is -0.967. The first-order chi connectivity index (χ1) is 17.1. The van der Waals surface area contributed by atoms with Gasteiger partial charge in [-0.25, -0.2) is 4.79 Å². The van der Waals surface area contributed by atoms with E-state index in [1.54, 1.807) is 12.4 Å². The summed E-state index contributed by atoms with van der Waals surface area (Å²) >= 11 is 0. The third-order valence-electron chi connectivity index (χ3n) is 6.13. The van der Waals surface area contributed by atoms with E-state index < -0.39 is 5.97 Å². The van der Waals surface area contributed by atoms with Gasteiger partial charge in [0, 0.05) is 24.4 Å². The van der Waals surface area contributed by atoms with Crippen LogP contribution in [0.5, 0.6) is 5.75 Å². The Kier molecular flexibility index (Phi) is 8.28. The van der Waals surface area contributed by atoms with Gasteiger partial charge in [-0.1, -0.05) is 66.2 Å². The van der Waals surface area contributed by atoms with E-state index in [1.165, 1.54) is 11.1 Å². The number of ether oxygens (including phenoxy) is 1. The first-order valence-corrected chi connectivity index (χ1v) is 11.9. The Labute approximate surface area is 205 Å². The molecule has 1 atom stereocenters. The van der Waals surface area contributed by atoms with E-state index >= 15 is 0 Å². The topological polar surface area (TPSA) is 81.0 Å². The van der Waals surface area contributed by atoms with Gasteiger partial charge in [-0.15, -0.1) is 0 Å². The highest BCUT2D eigenvalue weighted by Gasteiger charge is 2.18. The highest BCUT2D eigenvalue weighted by atomic mass is 16.6. The fourth-order valence-corrected chi connectivity index (χ4v) is 4.24. The lowest BCUT2D eigenvalue weighted by molar-refractivity contribution is -0.139. The van der Waals surface area contributed by atoms with Crippen LogP contribution in [0.1, 0.15) is 54.5 Å². The van der Waals surface area contributed by atoms with Gasteiger partial charge in [-0.2, -0.15) is 0 Å². The SMILES string of the molecule is CCC(CC=C1CCc2c(cccc2OCC(=O)O)C1)=NOC(c1ccccc1)c1ccncc1. The van der Waals surface area contributed by atoms with E-state index in [4.69, 9.17) is 14.7 Å². The molecule has 3 aromatic rings. The maximum absolute atomic E-state index is 10.9. The fraction of sp³-hybridized carbons (Fsp3) is 0.276. The maximum Gasteiger partial charge on any atom is 0.341 e. The van der Waals surface area contributed by atoms with E-state index in [1.807, 2.05) is 54.6 Å². The zero-order valence-electron chi connectivity index (χ0n) is 19.9. The molecular formula is C29H30N2O4. The second-order valence-corrected chi connectivity index (χ2v) is 8.51. The molecule has 0 fully saturated rings. The van der Waals surface area contributed by atoms with Gasteiger partial charge in [0.05, 0.1) is 5.71 Å². The summed E-state index contributed by atoms with van der Waals surface area (Å²) in [4.78, 5) is 21.1. The average molecular weight is 471 g/mol. The van der Waals surface area contributed by atoms with Crippen LogP contribution in [0.3, 0.4) is 0 Å². The van der Waals surface area contributed by atoms with Gasteiger partial charge in [0.1, 0.15) is 5.75 Å². The third kappa shape index (κ3) is 6.57. The van der Waals surface area contributed by atoms with Gasteiger partial charge >= 0.3 is 5.97 Å². The minimum absolute atomic E-state index is 0.292. The van der Waals surface area contributed by atoms with Crippen molar-refractivity contribution < 1.29 is 19.5 Å². The normalized spacial score (nSPS) is 15.3. The smallest absolute Gasteiger partial charge is 0.341 e. The van der Waals surface area contributed by atoms with Crippen LogP contribution in [0, 0.1) is 0 Å². The molecular weight excluding hydrogens is 440 g/mol. The lowest BCUT2D eigenvalue weighted by Gasteiger charge is -2.21. The second kappa shape index (κ2) is 12.0. The Bertz CT molecular complexity index is 1150. The minimum Gasteiger partial charge on any atom is -0.482 e. The molecule has 6 nitrogen and oxygen atoms in total. The molecule has 0 saturated heterocycles. The molecule has 1 N–H and O–H groups in total. The number of carbonyl (C=O) groups is 1. The summed E-state index contributed by atoms with van der Waals surface area (Å²) in [6, 6.07) is 19.8. The van der Waals surface area contributed by atoms with Crippen molar-refractivity contribution in [2.75, 3.05) is 6.61 Å². The van der Waals surface area contributed by atoms with Crippen molar-refractivity contribution >= 4 is 11.7 Å². The van der Waals surface area contributed by atoms with Crippen LogP contribution in [0.2, 0.25) is 0 Å².